The summed E-state index contributed by atoms with van der Waals surface area (Å²) >= 11 is 0. The Kier molecular flexibility index (Phi) is 4.57. The van der Waals surface area contributed by atoms with E-state index in [2.05, 4.69) is 0 Å². The molecule has 0 bridgehead atoms. The van der Waals surface area contributed by atoms with Crippen molar-refractivity contribution in [3.05, 3.63) is 80.9 Å². The van der Waals surface area contributed by atoms with Gasteiger partial charge in [-0.1, -0.05) is 30.3 Å². The number of rotatable bonds is 4. The van der Waals surface area contributed by atoms with Gasteiger partial charge in [-0.05, 0) is 29.7 Å². The molecule has 1 fully saturated rings. The summed E-state index contributed by atoms with van der Waals surface area (Å²) in [6, 6.07) is 11.0. The molecule has 24 heavy (non-hydrogen) atoms. The van der Waals surface area contributed by atoms with Crippen LogP contribution in [0.3, 0.4) is 0 Å². The second kappa shape index (κ2) is 6.65. The SMILES string of the molecule is Cc1cc([C@H]2CN(Cc3ccccc3)C[C@@H]2[N+](=O)[O-])c(F)cc1F. The maximum atomic E-state index is 14.2. The summed E-state index contributed by atoms with van der Waals surface area (Å²) in [5.74, 6) is -1.92. The minimum absolute atomic E-state index is 0.228. The number of hydrogen-bond acceptors (Lipinski definition) is 3. The van der Waals surface area contributed by atoms with Crippen molar-refractivity contribution in [1.82, 2.24) is 4.90 Å². The minimum atomic E-state index is -0.895. The number of aryl methyl sites for hydroxylation is 1. The molecule has 2 atom stereocenters. The highest BCUT2D eigenvalue weighted by Crippen LogP contribution is 2.33. The van der Waals surface area contributed by atoms with Crippen molar-refractivity contribution in [2.45, 2.75) is 25.4 Å². The van der Waals surface area contributed by atoms with Crippen LogP contribution in [0.25, 0.3) is 0 Å². The normalized spacial score (nSPS) is 21.1. The standard InChI is InChI=1S/C18H18F2N2O2/c1-12-7-14(17(20)8-16(12)19)15-10-21(11-18(15)22(23)24)9-13-5-3-2-4-6-13/h2-8,15,18H,9-11H2,1H3/t15-,18+/m1/s1. The summed E-state index contributed by atoms with van der Waals surface area (Å²) in [5, 5.41) is 11.4. The van der Waals surface area contributed by atoms with Crippen molar-refractivity contribution >= 4 is 0 Å². The van der Waals surface area contributed by atoms with E-state index in [1.807, 2.05) is 35.2 Å². The molecule has 1 saturated heterocycles. The van der Waals surface area contributed by atoms with E-state index in [-0.39, 0.29) is 17.0 Å². The smallest absolute Gasteiger partial charge is 0.233 e. The molecule has 0 spiro atoms. The van der Waals surface area contributed by atoms with Crippen molar-refractivity contribution in [2.75, 3.05) is 13.1 Å². The lowest BCUT2D eigenvalue weighted by Gasteiger charge is -2.16. The maximum absolute atomic E-state index is 14.2. The Morgan fingerprint density at radius 1 is 1.17 bits per heavy atom. The first-order valence-electron chi connectivity index (χ1n) is 7.81. The highest BCUT2D eigenvalue weighted by Gasteiger charge is 2.43. The van der Waals surface area contributed by atoms with Crippen molar-refractivity contribution in [2.24, 2.45) is 0 Å². The van der Waals surface area contributed by atoms with Crippen LogP contribution in [0.2, 0.25) is 0 Å². The molecule has 0 saturated carbocycles. The van der Waals surface area contributed by atoms with Gasteiger partial charge in [-0.3, -0.25) is 15.0 Å². The second-order valence-electron chi connectivity index (χ2n) is 6.26. The van der Waals surface area contributed by atoms with E-state index in [4.69, 9.17) is 0 Å². The van der Waals surface area contributed by atoms with Gasteiger partial charge in [0.25, 0.3) is 0 Å². The number of benzene rings is 2. The van der Waals surface area contributed by atoms with Gasteiger partial charge >= 0.3 is 0 Å². The van der Waals surface area contributed by atoms with Crippen LogP contribution < -0.4 is 0 Å². The summed E-state index contributed by atoms with van der Waals surface area (Å²) in [5.41, 5.74) is 1.58. The maximum Gasteiger partial charge on any atom is 0.233 e. The van der Waals surface area contributed by atoms with Crippen LogP contribution in [-0.4, -0.2) is 29.0 Å². The van der Waals surface area contributed by atoms with Gasteiger partial charge < -0.3 is 0 Å². The lowest BCUT2D eigenvalue weighted by molar-refractivity contribution is -0.521. The number of likely N-dealkylation sites (tertiary alicyclic amines) is 1. The molecular formula is C18H18F2N2O2. The molecule has 0 unspecified atom stereocenters. The van der Waals surface area contributed by atoms with Gasteiger partial charge in [0.1, 0.15) is 11.6 Å². The number of nitro groups is 1. The summed E-state index contributed by atoms with van der Waals surface area (Å²) in [6.45, 7) is 2.74. The summed E-state index contributed by atoms with van der Waals surface area (Å²) in [6.07, 6.45) is 0. The van der Waals surface area contributed by atoms with Crippen LogP contribution in [-0.2, 0) is 6.54 Å². The number of hydrogen-bond donors (Lipinski definition) is 0. The van der Waals surface area contributed by atoms with Gasteiger partial charge in [0.15, 0.2) is 0 Å². The Bertz CT molecular complexity index is 752. The van der Waals surface area contributed by atoms with Gasteiger partial charge in [-0.2, -0.15) is 0 Å². The molecule has 1 aliphatic heterocycles. The third-order valence-corrected chi connectivity index (χ3v) is 4.56. The first kappa shape index (κ1) is 16.5. The first-order valence-corrected chi connectivity index (χ1v) is 7.81. The van der Waals surface area contributed by atoms with Gasteiger partial charge in [-0.15, -0.1) is 0 Å². The van der Waals surface area contributed by atoms with Crippen LogP contribution in [0.15, 0.2) is 42.5 Å². The molecule has 3 rings (SSSR count). The first-order chi connectivity index (χ1) is 11.5. The molecule has 0 aromatic heterocycles. The predicted octanol–water partition coefficient (Wildman–Crippen LogP) is 3.52. The molecular weight excluding hydrogens is 314 g/mol. The highest BCUT2D eigenvalue weighted by atomic mass is 19.1. The molecule has 0 radical (unpaired) electrons. The van der Waals surface area contributed by atoms with Crippen molar-refractivity contribution in [3.8, 4) is 0 Å². The Morgan fingerprint density at radius 3 is 2.54 bits per heavy atom. The molecule has 4 nitrogen and oxygen atoms in total. The van der Waals surface area contributed by atoms with E-state index in [0.29, 0.717) is 18.7 Å². The van der Waals surface area contributed by atoms with Crippen LogP contribution in [0.5, 0.6) is 0 Å². The summed E-state index contributed by atoms with van der Waals surface area (Å²) < 4.78 is 27.7. The third kappa shape index (κ3) is 3.28. The lowest BCUT2D eigenvalue weighted by atomic mass is 9.93. The van der Waals surface area contributed by atoms with E-state index in [1.54, 1.807) is 0 Å². The Hall–Kier alpha value is -2.34. The minimum Gasteiger partial charge on any atom is -0.292 e. The Balaban J connectivity index is 1.86. The number of halogens is 2. The molecule has 0 N–H and O–H groups in total. The molecule has 6 heteroatoms. The fraction of sp³-hybridized carbons (Fsp3) is 0.333. The Morgan fingerprint density at radius 2 is 1.88 bits per heavy atom. The molecule has 126 valence electrons. The average molecular weight is 332 g/mol. The molecule has 0 aliphatic carbocycles. The van der Waals surface area contributed by atoms with Crippen molar-refractivity contribution in [3.63, 3.8) is 0 Å². The zero-order chi connectivity index (χ0) is 17.3. The second-order valence-corrected chi connectivity index (χ2v) is 6.26. The molecule has 0 amide bonds. The molecule has 2 aromatic carbocycles. The lowest BCUT2D eigenvalue weighted by Crippen LogP contribution is -2.28. The van der Waals surface area contributed by atoms with E-state index in [9.17, 15) is 18.9 Å². The van der Waals surface area contributed by atoms with Crippen LogP contribution >= 0.6 is 0 Å². The van der Waals surface area contributed by atoms with E-state index >= 15 is 0 Å². The fourth-order valence-electron chi connectivity index (χ4n) is 3.32. The van der Waals surface area contributed by atoms with E-state index < -0.39 is 23.6 Å². The van der Waals surface area contributed by atoms with Gasteiger partial charge in [0, 0.05) is 24.1 Å². The highest BCUT2D eigenvalue weighted by molar-refractivity contribution is 5.31. The third-order valence-electron chi connectivity index (χ3n) is 4.56. The Labute approximate surface area is 138 Å². The van der Waals surface area contributed by atoms with Crippen molar-refractivity contribution < 1.29 is 13.7 Å². The monoisotopic (exact) mass is 332 g/mol. The van der Waals surface area contributed by atoms with Gasteiger partial charge in [0.05, 0.1) is 12.5 Å². The van der Waals surface area contributed by atoms with Crippen LogP contribution in [0, 0.1) is 28.7 Å². The molecule has 1 aliphatic rings. The van der Waals surface area contributed by atoms with Crippen LogP contribution in [0.1, 0.15) is 22.6 Å². The average Bonchev–Trinajstić information content (AvgIpc) is 2.96. The summed E-state index contributed by atoms with van der Waals surface area (Å²) in [4.78, 5) is 13.0. The largest absolute Gasteiger partial charge is 0.292 e. The van der Waals surface area contributed by atoms with Crippen LogP contribution in [0.4, 0.5) is 8.78 Å². The van der Waals surface area contributed by atoms with Crippen molar-refractivity contribution in [1.29, 1.82) is 0 Å². The van der Waals surface area contributed by atoms with E-state index in [0.717, 1.165) is 11.6 Å². The predicted molar refractivity (Wildman–Crippen MR) is 86.3 cm³/mol. The van der Waals surface area contributed by atoms with E-state index in [1.165, 1.54) is 13.0 Å². The summed E-state index contributed by atoms with van der Waals surface area (Å²) in [7, 11) is 0. The zero-order valence-electron chi connectivity index (χ0n) is 13.3. The number of nitrogens with zero attached hydrogens (tertiary/aromatic N) is 2. The van der Waals surface area contributed by atoms with Gasteiger partial charge in [-0.25, -0.2) is 8.78 Å². The molecule has 2 aromatic rings. The quantitative estimate of drug-likeness (QED) is 0.636. The molecule has 1 heterocycles. The topological polar surface area (TPSA) is 46.4 Å². The van der Waals surface area contributed by atoms with Gasteiger partial charge in [0.2, 0.25) is 6.04 Å². The zero-order valence-corrected chi connectivity index (χ0v) is 13.3. The fourth-order valence-corrected chi connectivity index (χ4v) is 3.32.